The molecular formula is C12H18N4. The fourth-order valence-electron chi connectivity index (χ4n) is 1.66. The molecule has 0 bridgehead atoms. The van der Waals surface area contributed by atoms with Gasteiger partial charge in [-0.15, -0.1) is 5.10 Å². The van der Waals surface area contributed by atoms with E-state index in [1.165, 1.54) is 25.7 Å². The smallest absolute Gasteiger partial charge is 0.243 e. The first-order valence-corrected chi connectivity index (χ1v) is 5.95. The molecule has 0 amide bonds. The molecule has 0 aliphatic heterocycles. The molecule has 2 heterocycles. The predicted octanol–water partition coefficient (Wildman–Crippen LogP) is 2.72. The van der Waals surface area contributed by atoms with Crippen molar-refractivity contribution in [3.05, 3.63) is 24.4 Å². The van der Waals surface area contributed by atoms with Gasteiger partial charge in [0.2, 0.25) is 5.95 Å². The van der Waals surface area contributed by atoms with Crippen LogP contribution < -0.4 is 5.32 Å². The van der Waals surface area contributed by atoms with Gasteiger partial charge < -0.3 is 5.32 Å². The van der Waals surface area contributed by atoms with E-state index in [1.807, 2.05) is 24.4 Å². The lowest BCUT2D eigenvalue weighted by Gasteiger charge is -2.00. The van der Waals surface area contributed by atoms with Crippen molar-refractivity contribution in [2.24, 2.45) is 0 Å². The maximum Gasteiger partial charge on any atom is 0.243 e. The van der Waals surface area contributed by atoms with E-state index in [0.29, 0.717) is 0 Å². The summed E-state index contributed by atoms with van der Waals surface area (Å²) in [7, 11) is 0. The van der Waals surface area contributed by atoms with Gasteiger partial charge in [-0.2, -0.15) is 4.98 Å². The Bertz CT molecular complexity index is 402. The molecule has 1 N–H and O–H groups in total. The van der Waals surface area contributed by atoms with Gasteiger partial charge in [0.05, 0.1) is 0 Å². The molecular weight excluding hydrogens is 200 g/mol. The largest absolute Gasteiger partial charge is 0.353 e. The molecule has 4 heteroatoms. The second-order valence-electron chi connectivity index (χ2n) is 3.93. The minimum atomic E-state index is 0.725. The van der Waals surface area contributed by atoms with Gasteiger partial charge in [0, 0.05) is 12.7 Å². The van der Waals surface area contributed by atoms with Crippen molar-refractivity contribution in [3.63, 3.8) is 0 Å². The Morgan fingerprint density at radius 1 is 1.25 bits per heavy atom. The van der Waals surface area contributed by atoms with Crippen molar-refractivity contribution >= 4 is 11.6 Å². The number of nitrogens with one attached hydrogen (secondary N) is 1. The van der Waals surface area contributed by atoms with Crippen LogP contribution >= 0.6 is 0 Å². The van der Waals surface area contributed by atoms with E-state index >= 15 is 0 Å². The fourth-order valence-corrected chi connectivity index (χ4v) is 1.66. The van der Waals surface area contributed by atoms with Crippen LogP contribution in [0.1, 0.15) is 32.6 Å². The van der Waals surface area contributed by atoms with Gasteiger partial charge in [-0.05, 0) is 18.6 Å². The molecule has 0 atom stereocenters. The second-order valence-corrected chi connectivity index (χ2v) is 3.93. The van der Waals surface area contributed by atoms with E-state index in [1.54, 1.807) is 4.52 Å². The Labute approximate surface area is 95.7 Å². The van der Waals surface area contributed by atoms with Gasteiger partial charge >= 0.3 is 0 Å². The van der Waals surface area contributed by atoms with Crippen LogP contribution in [0.25, 0.3) is 5.65 Å². The first-order chi connectivity index (χ1) is 7.90. The summed E-state index contributed by atoms with van der Waals surface area (Å²) in [6.07, 6.45) is 6.94. The average Bonchev–Trinajstić information content (AvgIpc) is 2.71. The Kier molecular flexibility index (Phi) is 3.75. The third-order valence-corrected chi connectivity index (χ3v) is 2.55. The molecule has 0 unspecified atom stereocenters. The van der Waals surface area contributed by atoms with Crippen LogP contribution in [0.15, 0.2) is 24.4 Å². The molecule has 2 aromatic rings. The standard InChI is InChI=1S/C12H18N4/c1-2-3-4-6-9-13-12-14-11-8-5-7-10-16(11)15-12/h5,7-8,10H,2-4,6,9H2,1H3,(H,13,15). The van der Waals surface area contributed by atoms with Crippen LogP contribution in [0, 0.1) is 0 Å². The SMILES string of the molecule is CCCCCCNc1nc2ccccn2n1. The zero-order valence-electron chi connectivity index (χ0n) is 9.69. The van der Waals surface area contributed by atoms with Crippen molar-refractivity contribution in [1.29, 1.82) is 0 Å². The molecule has 0 fully saturated rings. The molecule has 16 heavy (non-hydrogen) atoms. The molecule has 0 radical (unpaired) electrons. The van der Waals surface area contributed by atoms with Crippen LogP contribution in [-0.4, -0.2) is 21.1 Å². The number of fused-ring (bicyclic) bond motifs is 1. The number of rotatable bonds is 6. The van der Waals surface area contributed by atoms with Crippen LogP contribution in [0.5, 0.6) is 0 Å². The summed E-state index contributed by atoms with van der Waals surface area (Å²) < 4.78 is 1.79. The number of hydrogen-bond donors (Lipinski definition) is 1. The number of aromatic nitrogens is 3. The van der Waals surface area contributed by atoms with Gasteiger partial charge in [0.25, 0.3) is 0 Å². The molecule has 0 saturated heterocycles. The number of unbranched alkanes of at least 4 members (excludes halogenated alkanes) is 3. The van der Waals surface area contributed by atoms with Crippen LogP contribution in [0.2, 0.25) is 0 Å². The number of pyridine rings is 1. The van der Waals surface area contributed by atoms with Gasteiger partial charge in [-0.1, -0.05) is 32.3 Å². The Morgan fingerprint density at radius 2 is 2.19 bits per heavy atom. The van der Waals surface area contributed by atoms with Crippen molar-refractivity contribution in [2.75, 3.05) is 11.9 Å². The van der Waals surface area contributed by atoms with E-state index in [-0.39, 0.29) is 0 Å². The van der Waals surface area contributed by atoms with Crippen LogP contribution in [0.3, 0.4) is 0 Å². The van der Waals surface area contributed by atoms with Crippen molar-refractivity contribution in [2.45, 2.75) is 32.6 Å². The highest BCUT2D eigenvalue weighted by Crippen LogP contribution is 2.05. The third-order valence-electron chi connectivity index (χ3n) is 2.55. The lowest BCUT2D eigenvalue weighted by molar-refractivity contribution is 0.683. The molecule has 4 nitrogen and oxygen atoms in total. The number of hydrogen-bond acceptors (Lipinski definition) is 3. The van der Waals surface area contributed by atoms with Gasteiger partial charge in [0.1, 0.15) is 0 Å². The van der Waals surface area contributed by atoms with Crippen molar-refractivity contribution in [1.82, 2.24) is 14.6 Å². The molecule has 0 spiro atoms. The summed E-state index contributed by atoms with van der Waals surface area (Å²) in [4.78, 5) is 4.37. The molecule has 0 saturated carbocycles. The topological polar surface area (TPSA) is 42.2 Å². The normalized spacial score (nSPS) is 10.8. The molecule has 2 aromatic heterocycles. The van der Waals surface area contributed by atoms with E-state index < -0.39 is 0 Å². The first-order valence-electron chi connectivity index (χ1n) is 5.95. The van der Waals surface area contributed by atoms with Gasteiger partial charge in [0.15, 0.2) is 5.65 Å². The predicted molar refractivity (Wildman–Crippen MR) is 65.6 cm³/mol. The summed E-state index contributed by atoms with van der Waals surface area (Å²) in [6, 6.07) is 5.87. The van der Waals surface area contributed by atoms with E-state index in [4.69, 9.17) is 0 Å². The average molecular weight is 218 g/mol. The summed E-state index contributed by atoms with van der Waals surface area (Å²) in [5.41, 5.74) is 0.888. The first kappa shape index (κ1) is 10.9. The number of nitrogens with zero attached hydrogens (tertiary/aromatic N) is 3. The minimum absolute atomic E-state index is 0.725. The summed E-state index contributed by atoms with van der Waals surface area (Å²) >= 11 is 0. The van der Waals surface area contributed by atoms with Crippen LogP contribution in [-0.2, 0) is 0 Å². The summed E-state index contributed by atoms with van der Waals surface area (Å²) in [5, 5.41) is 7.57. The zero-order valence-corrected chi connectivity index (χ0v) is 9.69. The van der Waals surface area contributed by atoms with Gasteiger partial charge in [-0.3, -0.25) is 0 Å². The van der Waals surface area contributed by atoms with Gasteiger partial charge in [-0.25, -0.2) is 4.52 Å². The molecule has 0 aliphatic rings. The van der Waals surface area contributed by atoms with E-state index in [9.17, 15) is 0 Å². The minimum Gasteiger partial charge on any atom is -0.353 e. The number of anilines is 1. The molecule has 86 valence electrons. The lowest BCUT2D eigenvalue weighted by atomic mass is 10.2. The quantitative estimate of drug-likeness (QED) is 0.758. The van der Waals surface area contributed by atoms with Crippen molar-refractivity contribution in [3.8, 4) is 0 Å². The maximum absolute atomic E-state index is 4.37. The van der Waals surface area contributed by atoms with E-state index in [0.717, 1.165) is 18.1 Å². The molecule has 0 aliphatic carbocycles. The Morgan fingerprint density at radius 3 is 3.00 bits per heavy atom. The van der Waals surface area contributed by atoms with Crippen LogP contribution in [0.4, 0.5) is 5.95 Å². The Balaban J connectivity index is 1.85. The second kappa shape index (κ2) is 5.49. The highest BCUT2D eigenvalue weighted by Gasteiger charge is 2.00. The Hall–Kier alpha value is -1.58. The van der Waals surface area contributed by atoms with Crippen molar-refractivity contribution < 1.29 is 0 Å². The van der Waals surface area contributed by atoms with E-state index in [2.05, 4.69) is 22.3 Å². The monoisotopic (exact) mass is 218 g/mol. The zero-order chi connectivity index (χ0) is 11.2. The summed E-state index contributed by atoms with van der Waals surface area (Å²) in [6.45, 7) is 3.17. The fraction of sp³-hybridized carbons (Fsp3) is 0.500. The summed E-state index contributed by atoms with van der Waals surface area (Å²) in [5.74, 6) is 0.725. The lowest BCUT2D eigenvalue weighted by Crippen LogP contribution is -2.03. The molecule has 0 aromatic carbocycles. The highest BCUT2D eigenvalue weighted by atomic mass is 15.3. The maximum atomic E-state index is 4.37. The molecule has 2 rings (SSSR count). The highest BCUT2D eigenvalue weighted by molar-refractivity contribution is 5.42. The third kappa shape index (κ3) is 2.72.